The fourth-order valence-corrected chi connectivity index (χ4v) is 5.44. The number of nitrogens with one attached hydrogen (secondary N) is 2. The maximum Gasteiger partial charge on any atom is 0.408 e. The zero-order valence-corrected chi connectivity index (χ0v) is 31.6. The van der Waals surface area contributed by atoms with Gasteiger partial charge in [-0.1, -0.05) is 68.3 Å². The molecule has 0 heterocycles. The highest BCUT2D eigenvalue weighted by Gasteiger charge is 2.41. The molecular weight excluding hydrogens is 648 g/mol. The Bertz CT molecular complexity index is 1540. The van der Waals surface area contributed by atoms with Crippen molar-refractivity contribution in [1.82, 2.24) is 15.5 Å². The van der Waals surface area contributed by atoms with Crippen LogP contribution in [-0.2, 0) is 35.1 Å². The number of terminal acetylenes is 1. The molecule has 51 heavy (non-hydrogen) atoms. The van der Waals surface area contributed by atoms with Crippen molar-refractivity contribution in [3.05, 3.63) is 71.3 Å². The normalized spacial score (nSPS) is 13.9. The van der Waals surface area contributed by atoms with Gasteiger partial charge in [-0.05, 0) is 90.8 Å². The lowest BCUT2D eigenvalue weighted by Gasteiger charge is -2.39. The van der Waals surface area contributed by atoms with E-state index in [1.54, 1.807) is 65.8 Å². The predicted molar refractivity (Wildman–Crippen MR) is 197 cm³/mol. The van der Waals surface area contributed by atoms with Gasteiger partial charge in [-0.25, -0.2) is 9.59 Å². The number of nitrogens with zero attached hydrogens (tertiary/aromatic N) is 1. The molecule has 0 radical (unpaired) electrons. The molecule has 11 heteroatoms. The maximum absolute atomic E-state index is 14.8. The second-order valence-corrected chi connectivity index (χ2v) is 15.2. The molecule has 0 aliphatic rings. The number of esters is 1. The number of carbonyl (C=O) groups is 5. The Morgan fingerprint density at radius 2 is 1.39 bits per heavy atom. The number of benzene rings is 2. The summed E-state index contributed by atoms with van der Waals surface area (Å²) in [5.41, 5.74) is 5.23. The van der Waals surface area contributed by atoms with Gasteiger partial charge in [0.05, 0.1) is 0 Å². The number of ether oxygens (including phenoxy) is 2. The van der Waals surface area contributed by atoms with Crippen molar-refractivity contribution in [3.63, 3.8) is 0 Å². The predicted octanol–water partition coefficient (Wildman–Crippen LogP) is 5.59. The van der Waals surface area contributed by atoms with Gasteiger partial charge >= 0.3 is 12.1 Å². The van der Waals surface area contributed by atoms with Crippen molar-refractivity contribution >= 4 is 29.8 Å². The summed E-state index contributed by atoms with van der Waals surface area (Å²) < 4.78 is 11.2. The van der Waals surface area contributed by atoms with Crippen molar-refractivity contribution < 1.29 is 33.4 Å². The minimum Gasteiger partial charge on any atom is -0.458 e. The van der Waals surface area contributed by atoms with Crippen LogP contribution >= 0.6 is 0 Å². The molecule has 2 aromatic rings. The Kier molecular flexibility index (Phi) is 15.7. The van der Waals surface area contributed by atoms with Crippen LogP contribution in [0.5, 0.6) is 0 Å². The van der Waals surface area contributed by atoms with E-state index in [1.165, 1.54) is 4.90 Å². The van der Waals surface area contributed by atoms with Gasteiger partial charge < -0.3 is 30.7 Å². The molecule has 4 amide bonds. The van der Waals surface area contributed by atoms with Crippen molar-refractivity contribution in [2.45, 2.75) is 130 Å². The second-order valence-electron chi connectivity index (χ2n) is 15.2. The summed E-state index contributed by atoms with van der Waals surface area (Å²) in [4.78, 5) is 69.6. The smallest absolute Gasteiger partial charge is 0.408 e. The molecule has 0 aliphatic heterocycles. The van der Waals surface area contributed by atoms with Gasteiger partial charge in [0.2, 0.25) is 17.7 Å². The van der Waals surface area contributed by atoms with E-state index in [9.17, 15) is 24.0 Å². The summed E-state index contributed by atoms with van der Waals surface area (Å²) in [6.07, 6.45) is 5.99. The minimum absolute atomic E-state index is 0.114. The third kappa shape index (κ3) is 14.5. The zero-order valence-electron chi connectivity index (χ0n) is 31.6. The lowest BCUT2D eigenvalue weighted by Crippen LogP contribution is -2.57. The maximum atomic E-state index is 14.8. The van der Waals surface area contributed by atoms with Crippen LogP contribution in [0.2, 0.25) is 0 Å². The van der Waals surface area contributed by atoms with Gasteiger partial charge in [0.1, 0.15) is 29.3 Å². The summed E-state index contributed by atoms with van der Waals surface area (Å²) >= 11 is 0. The highest BCUT2D eigenvalue weighted by Crippen LogP contribution is 2.30. The first-order chi connectivity index (χ1) is 23.7. The Morgan fingerprint density at radius 3 is 1.94 bits per heavy atom. The van der Waals surface area contributed by atoms with Crippen LogP contribution < -0.4 is 16.4 Å². The lowest BCUT2D eigenvalue weighted by atomic mass is 9.93. The van der Waals surface area contributed by atoms with Crippen LogP contribution in [0.3, 0.4) is 0 Å². The molecule has 4 N–H and O–H groups in total. The fourth-order valence-electron chi connectivity index (χ4n) is 5.44. The minimum atomic E-state index is -1.36. The van der Waals surface area contributed by atoms with E-state index in [0.717, 1.165) is 5.56 Å². The number of primary amides is 1. The van der Waals surface area contributed by atoms with E-state index in [2.05, 4.69) is 16.6 Å². The van der Waals surface area contributed by atoms with Crippen LogP contribution in [0.4, 0.5) is 4.79 Å². The lowest BCUT2D eigenvalue weighted by molar-refractivity contribution is -0.159. The van der Waals surface area contributed by atoms with E-state index in [-0.39, 0.29) is 25.2 Å². The standard InChI is InChI=1S/C40H56N4O7/c1-11-29-19-15-16-20-30(29)34(35(46)42-32(37(48)50-39(5,6)7)25-28-17-13-12-14-18-28)44(27(4)22-21-26(2)3)36(47)31(23-24-33(41)45)43-38(49)51-40(8,9)10/h1,12-20,26-27,31-32,34H,21-25H2,2-10H3,(H2,41,45)(H,42,46)(H,43,49). The Labute approximate surface area is 303 Å². The number of carbonyl (C=O) groups excluding carboxylic acids is 5. The summed E-state index contributed by atoms with van der Waals surface area (Å²) in [6.45, 7) is 16.2. The molecule has 0 aromatic heterocycles. The Balaban J connectivity index is 2.79. The van der Waals surface area contributed by atoms with Crippen LogP contribution in [-0.4, -0.2) is 64.0 Å². The molecule has 11 nitrogen and oxygen atoms in total. The van der Waals surface area contributed by atoms with E-state index in [1.807, 2.05) is 51.1 Å². The number of nitrogens with two attached hydrogens (primary N) is 1. The van der Waals surface area contributed by atoms with E-state index in [0.29, 0.717) is 24.0 Å². The quantitative estimate of drug-likeness (QED) is 0.152. The molecule has 278 valence electrons. The zero-order chi connectivity index (χ0) is 38.5. The number of rotatable bonds is 16. The topological polar surface area (TPSA) is 157 Å². The van der Waals surface area contributed by atoms with E-state index < -0.39 is 65.2 Å². The van der Waals surface area contributed by atoms with Crippen molar-refractivity contribution in [1.29, 1.82) is 0 Å². The first kappa shape index (κ1) is 42.3. The second kappa shape index (κ2) is 18.9. The fraction of sp³-hybridized carbons (Fsp3) is 0.525. The van der Waals surface area contributed by atoms with Crippen LogP contribution in [0, 0.1) is 18.3 Å². The summed E-state index contributed by atoms with van der Waals surface area (Å²) in [7, 11) is 0. The molecule has 4 atom stereocenters. The highest BCUT2D eigenvalue weighted by molar-refractivity contribution is 5.94. The first-order valence-corrected chi connectivity index (χ1v) is 17.4. The van der Waals surface area contributed by atoms with Gasteiger partial charge in [0, 0.05) is 24.4 Å². The number of hydrogen-bond acceptors (Lipinski definition) is 7. The molecule has 2 aromatic carbocycles. The largest absolute Gasteiger partial charge is 0.458 e. The van der Waals surface area contributed by atoms with Gasteiger partial charge in [0.25, 0.3) is 0 Å². The van der Waals surface area contributed by atoms with Crippen molar-refractivity contribution in [3.8, 4) is 12.3 Å². The highest BCUT2D eigenvalue weighted by atomic mass is 16.6. The van der Waals surface area contributed by atoms with E-state index in [4.69, 9.17) is 21.6 Å². The first-order valence-electron chi connectivity index (χ1n) is 17.4. The van der Waals surface area contributed by atoms with Gasteiger partial charge in [-0.15, -0.1) is 6.42 Å². The number of amides is 4. The molecule has 0 spiro atoms. The molecule has 2 rings (SSSR count). The molecular formula is C40H56N4O7. The molecule has 0 aliphatic carbocycles. The molecule has 0 bridgehead atoms. The number of hydrogen-bond donors (Lipinski definition) is 3. The summed E-state index contributed by atoms with van der Waals surface area (Å²) in [5, 5.41) is 5.51. The Hall–Kier alpha value is -4.85. The Morgan fingerprint density at radius 1 is 0.804 bits per heavy atom. The van der Waals surface area contributed by atoms with E-state index >= 15 is 0 Å². The van der Waals surface area contributed by atoms with Crippen LogP contribution in [0.15, 0.2) is 54.6 Å². The molecule has 4 unspecified atom stereocenters. The van der Waals surface area contributed by atoms with Gasteiger partial charge in [0.15, 0.2) is 0 Å². The molecule has 0 fully saturated rings. The number of alkyl carbamates (subject to hydrolysis) is 1. The van der Waals surface area contributed by atoms with Gasteiger partial charge in [-0.3, -0.25) is 14.4 Å². The molecule has 0 saturated heterocycles. The SMILES string of the molecule is C#Cc1ccccc1C(C(=O)NC(Cc1ccccc1)C(=O)OC(C)(C)C)N(C(=O)C(CCC(N)=O)NC(=O)OC(C)(C)C)C(C)CCC(C)C. The third-order valence-corrected chi connectivity index (χ3v) is 7.79. The summed E-state index contributed by atoms with van der Waals surface area (Å²) in [5.74, 6) is 0.236. The van der Waals surface area contributed by atoms with Gasteiger partial charge in [-0.2, -0.15) is 0 Å². The van der Waals surface area contributed by atoms with Crippen molar-refractivity contribution in [2.24, 2.45) is 11.7 Å². The average Bonchev–Trinajstić information content (AvgIpc) is 3.02. The monoisotopic (exact) mass is 704 g/mol. The third-order valence-electron chi connectivity index (χ3n) is 7.79. The average molecular weight is 705 g/mol. The van der Waals surface area contributed by atoms with Crippen LogP contribution in [0.25, 0.3) is 0 Å². The summed E-state index contributed by atoms with van der Waals surface area (Å²) in [6, 6.07) is 11.6. The van der Waals surface area contributed by atoms with Crippen molar-refractivity contribution in [2.75, 3.05) is 0 Å². The molecule has 0 saturated carbocycles. The van der Waals surface area contributed by atoms with Crippen LogP contribution in [0.1, 0.15) is 111 Å².